The second kappa shape index (κ2) is 4.65. The monoisotopic (exact) mass is 205 g/mol. The van der Waals surface area contributed by atoms with Crippen LogP contribution in [0, 0.1) is 11.8 Å². The first-order chi connectivity index (χ1) is 7.29. The largest absolute Gasteiger partial charge is 0.359 e. The molecule has 2 rings (SSSR count). The Bertz CT molecular complexity index is 309. The zero-order valence-corrected chi connectivity index (χ0v) is 9.33. The van der Waals surface area contributed by atoms with Gasteiger partial charge in [0.15, 0.2) is 5.78 Å². The lowest BCUT2D eigenvalue weighted by Crippen LogP contribution is -2.23. The molecule has 0 aliphatic heterocycles. The van der Waals surface area contributed by atoms with E-state index in [0.717, 1.165) is 5.69 Å². The number of carbonyl (C=O) groups excluding carboxylic acids is 1. The van der Waals surface area contributed by atoms with Gasteiger partial charge in [-0.3, -0.25) is 4.79 Å². The van der Waals surface area contributed by atoms with Gasteiger partial charge in [-0.1, -0.05) is 26.2 Å². The molecule has 1 N–H and O–H groups in total. The molecule has 1 aromatic heterocycles. The Morgan fingerprint density at radius 3 is 2.73 bits per heavy atom. The normalized spacial score (nSPS) is 20.1. The highest BCUT2D eigenvalue weighted by atomic mass is 16.1. The summed E-state index contributed by atoms with van der Waals surface area (Å²) in [6.45, 7) is 2.08. The van der Waals surface area contributed by atoms with Crippen LogP contribution in [0.1, 0.15) is 49.5 Å². The molecular weight excluding hydrogens is 186 g/mol. The minimum Gasteiger partial charge on any atom is -0.359 e. The summed E-state index contributed by atoms with van der Waals surface area (Å²) in [5, 5.41) is 0. The Morgan fingerprint density at radius 2 is 2.13 bits per heavy atom. The second-order valence-corrected chi connectivity index (χ2v) is 4.63. The molecule has 1 aliphatic carbocycles. The molecule has 1 aliphatic rings. The number of aromatic nitrogens is 1. The minimum absolute atomic E-state index is 0.184. The first-order valence-corrected chi connectivity index (χ1v) is 5.96. The van der Waals surface area contributed by atoms with Crippen LogP contribution in [0.5, 0.6) is 0 Å². The second-order valence-electron chi connectivity index (χ2n) is 4.63. The van der Waals surface area contributed by atoms with Crippen LogP contribution in [0.25, 0.3) is 0 Å². The van der Waals surface area contributed by atoms with Gasteiger partial charge in [-0.2, -0.15) is 0 Å². The van der Waals surface area contributed by atoms with E-state index in [0.29, 0.717) is 5.92 Å². The van der Waals surface area contributed by atoms with Gasteiger partial charge in [0, 0.05) is 12.1 Å². The summed E-state index contributed by atoms with van der Waals surface area (Å²) in [6.07, 6.45) is 8.22. The number of H-pyrrole nitrogens is 1. The molecule has 1 saturated carbocycles. The highest BCUT2D eigenvalue weighted by Gasteiger charge is 2.26. The van der Waals surface area contributed by atoms with Gasteiger partial charge in [0.1, 0.15) is 0 Å². The molecule has 0 amide bonds. The zero-order valence-electron chi connectivity index (χ0n) is 9.33. The summed E-state index contributed by atoms with van der Waals surface area (Å²) in [5.41, 5.74) is 0.771. The molecule has 15 heavy (non-hydrogen) atoms. The summed E-state index contributed by atoms with van der Waals surface area (Å²) in [7, 11) is 0. The maximum absolute atomic E-state index is 12.1. The van der Waals surface area contributed by atoms with Crippen molar-refractivity contribution in [2.45, 2.75) is 39.0 Å². The highest BCUT2D eigenvalue weighted by molar-refractivity contribution is 5.96. The van der Waals surface area contributed by atoms with Gasteiger partial charge >= 0.3 is 0 Å². The molecule has 82 valence electrons. The van der Waals surface area contributed by atoms with Crippen molar-refractivity contribution in [3.63, 3.8) is 0 Å². The third-order valence-electron chi connectivity index (χ3n) is 3.63. The summed E-state index contributed by atoms with van der Waals surface area (Å²) < 4.78 is 0. The van der Waals surface area contributed by atoms with Gasteiger partial charge in [-0.15, -0.1) is 0 Å². The summed E-state index contributed by atoms with van der Waals surface area (Å²) in [4.78, 5) is 15.1. The number of ketones is 1. The summed E-state index contributed by atoms with van der Waals surface area (Å²) in [6, 6.07) is 3.77. The number of Topliss-reactive ketones (excluding diaryl/α,β-unsaturated/α-hetero) is 1. The number of rotatable bonds is 3. The molecule has 0 bridgehead atoms. The fourth-order valence-electron chi connectivity index (χ4n) is 2.58. The van der Waals surface area contributed by atoms with Gasteiger partial charge in [-0.05, 0) is 30.9 Å². The van der Waals surface area contributed by atoms with E-state index in [4.69, 9.17) is 0 Å². The van der Waals surface area contributed by atoms with E-state index in [2.05, 4.69) is 11.9 Å². The van der Waals surface area contributed by atoms with Crippen LogP contribution in [0.4, 0.5) is 0 Å². The molecule has 1 aromatic rings. The topological polar surface area (TPSA) is 32.9 Å². The number of carbonyl (C=O) groups is 1. The molecule has 1 atom stereocenters. The Balaban J connectivity index is 2.00. The smallest absolute Gasteiger partial charge is 0.182 e. The van der Waals surface area contributed by atoms with E-state index in [1.165, 1.54) is 32.1 Å². The van der Waals surface area contributed by atoms with E-state index in [1.807, 2.05) is 18.3 Å². The fourth-order valence-corrected chi connectivity index (χ4v) is 2.58. The van der Waals surface area contributed by atoms with E-state index in [-0.39, 0.29) is 11.7 Å². The molecule has 1 fully saturated rings. The molecule has 2 nitrogen and oxygen atoms in total. The number of aromatic amines is 1. The molecule has 1 heterocycles. The van der Waals surface area contributed by atoms with Crippen LogP contribution in [0.3, 0.4) is 0 Å². The molecule has 0 saturated heterocycles. The standard InChI is InChI=1S/C13H19NO/c1-10(11-6-3-2-4-7-11)13(15)12-8-5-9-14-12/h5,8-11,14H,2-4,6-7H2,1H3. The van der Waals surface area contributed by atoms with Crippen molar-refractivity contribution in [1.29, 1.82) is 0 Å². The van der Waals surface area contributed by atoms with Crippen LogP contribution in [0.15, 0.2) is 18.3 Å². The zero-order chi connectivity index (χ0) is 10.7. The quantitative estimate of drug-likeness (QED) is 0.753. The number of hydrogen-bond donors (Lipinski definition) is 1. The van der Waals surface area contributed by atoms with E-state index >= 15 is 0 Å². The Morgan fingerprint density at radius 1 is 1.40 bits per heavy atom. The van der Waals surface area contributed by atoms with Crippen LogP contribution in [-0.4, -0.2) is 10.8 Å². The van der Waals surface area contributed by atoms with Gasteiger partial charge in [-0.25, -0.2) is 0 Å². The third-order valence-corrected chi connectivity index (χ3v) is 3.63. The maximum atomic E-state index is 12.1. The van der Waals surface area contributed by atoms with E-state index in [9.17, 15) is 4.79 Å². The van der Waals surface area contributed by atoms with Crippen molar-refractivity contribution >= 4 is 5.78 Å². The fraction of sp³-hybridized carbons (Fsp3) is 0.615. The Hall–Kier alpha value is -1.05. The van der Waals surface area contributed by atoms with Crippen LogP contribution >= 0.6 is 0 Å². The highest BCUT2D eigenvalue weighted by Crippen LogP contribution is 2.31. The van der Waals surface area contributed by atoms with Gasteiger partial charge < -0.3 is 4.98 Å². The molecule has 0 radical (unpaired) electrons. The van der Waals surface area contributed by atoms with Crippen LogP contribution in [0.2, 0.25) is 0 Å². The predicted octanol–water partition coefficient (Wildman–Crippen LogP) is 3.41. The average molecular weight is 205 g/mol. The van der Waals surface area contributed by atoms with Crippen molar-refractivity contribution in [1.82, 2.24) is 4.98 Å². The predicted molar refractivity (Wildman–Crippen MR) is 60.9 cm³/mol. The van der Waals surface area contributed by atoms with E-state index < -0.39 is 0 Å². The Kier molecular flexibility index (Phi) is 3.24. The molecule has 2 heteroatoms. The van der Waals surface area contributed by atoms with Crippen molar-refractivity contribution in [2.24, 2.45) is 11.8 Å². The third kappa shape index (κ3) is 2.31. The molecule has 1 unspecified atom stereocenters. The molecular formula is C13H19NO. The number of nitrogens with one attached hydrogen (secondary N) is 1. The first kappa shape index (κ1) is 10.5. The van der Waals surface area contributed by atoms with Crippen LogP contribution < -0.4 is 0 Å². The SMILES string of the molecule is CC(C(=O)c1ccc[nH]1)C1CCCCC1. The van der Waals surface area contributed by atoms with Gasteiger partial charge in [0.25, 0.3) is 0 Å². The van der Waals surface area contributed by atoms with Crippen molar-refractivity contribution < 1.29 is 4.79 Å². The summed E-state index contributed by atoms with van der Waals surface area (Å²) >= 11 is 0. The maximum Gasteiger partial charge on any atom is 0.182 e. The van der Waals surface area contributed by atoms with Crippen molar-refractivity contribution in [3.8, 4) is 0 Å². The lowest BCUT2D eigenvalue weighted by atomic mass is 9.78. The van der Waals surface area contributed by atoms with Gasteiger partial charge in [0.05, 0.1) is 5.69 Å². The molecule has 0 aromatic carbocycles. The van der Waals surface area contributed by atoms with Crippen molar-refractivity contribution in [2.75, 3.05) is 0 Å². The Labute approximate surface area is 91.1 Å². The first-order valence-electron chi connectivity index (χ1n) is 5.96. The minimum atomic E-state index is 0.184. The van der Waals surface area contributed by atoms with Gasteiger partial charge in [0.2, 0.25) is 0 Å². The average Bonchev–Trinajstić information content (AvgIpc) is 2.82. The van der Waals surface area contributed by atoms with Crippen LogP contribution in [-0.2, 0) is 0 Å². The van der Waals surface area contributed by atoms with Crippen molar-refractivity contribution in [3.05, 3.63) is 24.0 Å². The molecule has 0 spiro atoms. The van der Waals surface area contributed by atoms with E-state index in [1.54, 1.807) is 0 Å². The summed E-state index contributed by atoms with van der Waals surface area (Å²) in [5.74, 6) is 1.07. The number of hydrogen-bond acceptors (Lipinski definition) is 1. The lowest BCUT2D eigenvalue weighted by molar-refractivity contribution is 0.0859. The lowest BCUT2D eigenvalue weighted by Gasteiger charge is -2.26.